The molecule has 0 spiro atoms. The molecule has 1 saturated heterocycles. The van der Waals surface area contributed by atoms with Crippen molar-refractivity contribution in [2.24, 2.45) is 56.2 Å². The average molecular weight is 755 g/mol. The number of aliphatic hydroxyl groups excluding tert-OH is 5. The van der Waals surface area contributed by atoms with Crippen molar-refractivity contribution in [3.05, 3.63) is 47.5 Å². The van der Waals surface area contributed by atoms with Crippen LogP contribution in [0.5, 0.6) is 0 Å². The van der Waals surface area contributed by atoms with E-state index < -0.39 is 53.6 Å². The molecule has 0 amide bonds. The van der Waals surface area contributed by atoms with Crippen LogP contribution < -0.4 is 0 Å². The van der Waals surface area contributed by atoms with E-state index in [0.717, 1.165) is 31.2 Å². The topological polar surface area (TPSA) is 166 Å². The van der Waals surface area contributed by atoms with Gasteiger partial charge >= 0.3 is 5.97 Å². The molecule has 1 aromatic carbocycles. The van der Waals surface area contributed by atoms with Crippen LogP contribution in [0.3, 0.4) is 0 Å². The lowest BCUT2D eigenvalue weighted by atomic mass is 9.31. The van der Waals surface area contributed by atoms with Gasteiger partial charge in [0.15, 0.2) is 6.29 Å². The standard InChI is InChI=1S/C44H66O10/c1-7-27-19-44(38(50)51)18-17-39(2,24-45)20-29(44)28-13-14-33-40(3)21-31(52-22-26-11-9-8-10-12-26)36(54-37-35(49)34(48)30(47)23-53-37)41(4,25-46)32(40)15-16-42(33,5)43(27,28)6/h8-13,27,29-37,45-49H,7,14-25H2,1-6H3,(H,50,51)/t27-,29-,30+,31+,32-,33+,34-,35+,36+,37-,39-,40-,41-,42+,43+,44-/m0/s1. The van der Waals surface area contributed by atoms with Crippen molar-refractivity contribution in [3.8, 4) is 0 Å². The maximum absolute atomic E-state index is 13.4. The van der Waals surface area contributed by atoms with Gasteiger partial charge in [-0.2, -0.15) is 0 Å². The van der Waals surface area contributed by atoms with Crippen molar-refractivity contribution >= 4 is 5.97 Å². The lowest BCUT2D eigenvalue weighted by Crippen LogP contribution is -2.70. The Morgan fingerprint density at radius 1 is 0.907 bits per heavy atom. The molecular formula is C44H66O10. The third-order valence-corrected chi connectivity index (χ3v) is 17.1. The monoisotopic (exact) mass is 754 g/mol. The number of benzene rings is 1. The summed E-state index contributed by atoms with van der Waals surface area (Å²) < 4.78 is 19.3. The summed E-state index contributed by atoms with van der Waals surface area (Å²) >= 11 is 0. The van der Waals surface area contributed by atoms with Gasteiger partial charge in [0.1, 0.15) is 18.3 Å². The first-order chi connectivity index (χ1) is 25.5. The highest BCUT2D eigenvalue weighted by atomic mass is 16.7. The molecule has 5 fully saturated rings. The summed E-state index contributed by atoms with van der Waals surface area (Å²) in [6, 6.07) is 9.95. The minimum Gasteiger partial charge on any atom is -0.481 e. The second-order valence-electron chi connectivity index (χ2n) is 19.7. The van der Waals surface area contributed by atoms with Crippen LogP contribution in [0.2, 0.25) is 0 Å². The summed E-state index contributed by atoms with van der Waals surface area (Å²) in [5.41, 5.74) is -0.428. The number of aliphatic hydroxyl groups is 5. The molecular weight excluding hydrogens is 688 g/mol. The zero-order chi connectivity index (χ0) is 39.1. The molecule has 10 heteroatoms. The van der Waals surface area contributed by atoms with Crippen LogP contribution >= 0.6 is 0 Å². The van der Waals surface area contributed by atoms with Gasteiger partial charge in [-0.3, -0.25) is 4.79 Å². The molecule has 4 saturated carbocycles. The molecule has 6 aliphatic rings. The molecule has 6 N–H and O–H groups in total. The third kappa shape index (κ3) is 5.82. The van der Waals surface area contributed by atoms with E-state index in [1.165, 1.54) is 5.57 Å². The Morgan fingerprint density at radius 3 is 2.28 bits per heavy atom. The average Bonchev–Trinajstić information content (AvgIpc) is 3.15. The van der Waals surface area contributed by atoms with Crippen molar-refractivity contribution in [1.82, 2.24) is 0 Å². The Labute approximate surface area is 321 Å². The molecule has 0 radical (unpaired) electrons. The molecule has 5 aliphatic carbocycles. The van der Waals surface area contributed by atoms with Gasteiger partial charge in [0.2, 0.25) is 0 Å². The number of fused-ring (bicyclic) bond motifs is 7. The van der Waals surface area contributed by atoms with E-state index in [-0.39, 0.29) is 65.2 Å². The molecule has 54 heavy (non-hydrogen) atoms. The minimum absolute atomic E-state index is 0.0126. The Balaban J connectivity index is 1.30. The highest BCUT2D eigenvalue weighted by Gasteiger charge is 2.73. The first-order valence-electron chi connectivity index (χ1n) is 20.6. The van der Waals surface area contributed by atoms with Crippen molar-refractivity contribution in [2.45, 2.75) is 143 Å². The first-order valence-corrected chi connectivity index (χ1v) is 20.6. The number of aliphatic carboxylic acids is 1. The fourth-order valence-electron chi connectivity index (χ4n) is 13.8. The van der Waals surface area contributed by atoms with Gasteiger partial charge in [-0.15, -0.1) is 0 Å². The third-order valence-electron chi connectivity index (χ3n) is 17.1. The van der Waals surface area contributed by atoms with E-state index in [1.54, 1.807) is 0 Å². The Hall–Kier alpha value is -1.89. The molecule has 0 unspecified atom stereocenters. The number of hydrogen-bond acceptors (Lipinski definition) is 9. The summed E-state index contributed by atoms with van der Waals surface area (Å²) in [7, 11) is 0. The quantitative estimate of drug-likeness (QED) is 0.141. The Morgan fingerprint density at radius 2 is 1.63 bits per heavy atom. The molecule has 1 heterocycles. The summed E-state index contributed by atoms with van der Waals surface area (Å²) in [4.78, 5) is 13.4. The van der Waals surface area contributed by atoms with Gasteiger partial charge < -0.3 is 44.8 Å². The van der Waals surface area contributed by atoms with E-state index >= 15 is 0 Å². The highest BCUT2D eigenvalue weighted by molar-refractivity contribution is 5.77. The van der Waals surface area contributed by atoms with Gasteiger partial charge in [-0.1, -0.05) is 89.9 Å². The number of rotatable bonds is 9. The lowest BCUT2D eigenvalue weighted by molar-refractivity contribution is -0.333. The summed E-state index contributed by atoms with van der Waals surface area (Å²) in [6.45, 7) is 13.7. The second-order valence-corrected chi connectivity index (χ2v) is 19.7. The molecule has 0 bridgehead atoms. The van der Waals surface area contributed by atoms with E-state index in [1.807, 2.05) is 30.3 Å². The molecule has 302 valence electrons. The predicted octanol–water partition coefficient (Wildman–Crippen LogP) is 5.47. The van der Waals surface area contributed by atoms with Crippen molar-refractivity contribution < 1.29 is 49.6 Å². The van der Waals surface area contributed by atoms with Crippen LogP contribution in [0, 0.1) is 56.2 Å². The van der Waals surface area contributed by atoms with Gasteiger partial charge in [-0.25, -0.2) is 0 Å². The van der Waals surface area contributed by atoms with Crippen LogP contribution in [0.4, 0.5) is 0 Å². The van der Waals surface area contributed by atoms with Crippen molar-refractivity contribution in [1.29, 1.82) is 0 Å². The van der Waals surface area contributed by atoms with Gasteiger partial charge in [0.25, 0.3) is 0 Å². The van der Waals surface area contributed by atoms with Crippen LogP contribution in [0.25, 0.3) is 0 Å². The minimum atomic E-state index is -1.47. The van der Waals surface area contributed by atoms with Crippen molar-refractivity contribution in [2.75, 3.05) is 19.8 Å². The number of carboxylic acid groups (broad SMARTS) is 1. The number of hydrogen-bond donors (Lipinski definition) is 6. The zero-order valence-electron chi connectivity index (χ0n) is 33.2. The molecule has 1 aromatic rings. The van der Waals surface area contributed by atoms with Gasteiger partial charge in [0, 0.05) is 12.0 Å². The maximum atomic E-state index is 13.4. The fraction of sp³-hybridized carbons (Fsp3) is 0.795. The summed E-state index contributed by atoms with van der Waals surface area (Å²) in [6.07, 6.45) is 2.53. The Bertz CT molecular complexity index is 1570. The normalized spacial score (nSPS) is 50.2. The molecule has 1 aliphatic heterocycles. The van der Waals surface area contributed by atoms with Gasteiger partial charge in [-0.05, 0) is 102 Å². The first kappa shape index (κ1) is 40.3. The van der Waals surface area contributed by atoms with Crippen LogP contribution in [-0.4, -0.2) is 93.2 Å². The SMILES string of the molecule is CC[C@H]1C[C@@]2(C(=O)O)CC[C@](C)(CO)C[C@H]2C2=CC[C@@H]3[C@@]4(C)C[C@@H](OCc5ccccc5)[C@@H](O[C@@H]5OC[C@@H](O)[C@H](O)[C@H]5O)[C@@](C)(CO)[C@H]4CC[C@@]3(C)[C@@]21C. The Kier molecular flexibility index (Phi) is 10.6. The molecule has 0 aromatic heterocycles. The van der Waals surface area contributed by atoms with E-state index in [0.29, 0.717) is 38.7 Å². The number of ether oxygens (including phenoxy) is 3. The molecule has 10 nitrogen and oxygen atoms in total. The summed E-state index contributed by atoms with van der Waals surface area (Å²) in [5.74, 6) is -0.454. The summed E-state index contributed by atoms with van der Waals surface area (Å²) in [5, 5.41) is 64.8. The second kappa shape index (κ2) is 14.2. The number of carboxylic acids is 1. The lowest BCUT2D eigenvalue weighted by Gasteiger charge is -2.73. The predicted molar refractivity (Wildman–Crippen MR) is 202 cm³/mol. The number of allylic oxidation sites excluding steroid dienone is 2. The van der Waals surface area contributed by atoms with E-state index in [4.69, 9.17) is 14.2 Å². The van der Waals surface area contributed by atoms with Gasteiger partial charge in [0.05, 0.1) is 37.4 Å². The fourth-order valence-corrected chi connectivity index (χ4v) is 13.8. The highest BCUT2D eigenvalue weighted by Crippen LogP contribution is 2.77. The largest absolute Gasteiger partial charge is 0.481 e. The molecule has 7 rings (SSSR count). The zero-order valence-corrected chi connectivity index (χ0v) is 33.2. The smallest absolute Gasteiger partial charge is 0.310 e. The van der Waals surface area contributed by atoms with Crippen LogP contribution in [0.15, 0.2) is 42.0 Å². The van der Waals surface area contributed by atoms with Crippen LogP contribution in [0.1, 0.15) is 105 Å². The molecule has 16 atom stereocenters. The van der Waals surface area contributed by atoms with Crippen molar-refractivity contribution in [3.63, 3.8) is 0 Å². The van der Waals surface area contributed by atoms with E-state index in [2.05, 4.69) is 47.6 Å². The maximum Gasteiger partial charge on any atom is 0.310 e. The van der Waals surface area contributed by atoms with E-state index in [9.17, 15) is 35.4 Å². The number of carbonyl (C=O) groups is 1. The van der Waals surface area contributed by atoms with Crippen LogP contribution in [-0.2, 0) is 25.6 Å².